The van der Waals surface area contributed by atoms with E-state index in [1.54, 1.807) is 6.92 Å². The lowest BCUT2D eigenvalue weighted by atomic mass is 10.2. The Morgan fingerprint density at radius 2 is 2.00 bits per heavy atom. The van der Waals surface area contributed by atoms with Crippen molar-refractivity contribution < 1.29 is 4.79 Å². The summed E-state index contributed by atoms with van der Waals surface area (Å²) in [6.07, 6.45) is 2.86. The van der Waals surface area contributed by atoms with Crippen molar-refractivity contribution >= 4 is 17.3 Å². The topological polar surface area (TPSA) is 35.6 Å². The highest BCUT2D eigenvalue weighted by Gasteiger charge is 2.26. The first-order chi connectivity index (χ1) is 9.70. The Labute approximate surface area is 120 Å². The van der Waals surface area contributed by atoms with E-state index in [1.165, 1.54) is 25.1 Å². The van der Waals surface area contributed by atoms with E-state index in [4.69, 9.17) is 0 Å². The van der Waals surface area contributed by atoms with Crippen LogP contribution < -0.4 is 10.2 Å². The molecule has 0 spiro atoms. The van der Waals surface area contributed by atoms with Gasteiger partial charge in [-0.05, 0) is 37.0 Å². The molecule has 0 atom stereocenters. The first kappa shape index (κ1) is 13.4. The molecule has 1 saturated heterocycles. The van der Waals surface area contributed by atoms with Gasteiger partial charge in [-0.25, -0.2) is 0 Å². The SMILES string of the molecule is CC(=O)Nc1cccc(N2CCN(CC3CC3)CC2)c1. The molecule has 20 heavy (non-hydrogen) atoms. The highest BCUT2D eigenvalue weighted by Crippen LogP contribution is 2.30. The second-order valence-electron chi connectivity index (χ2n) is 5.96. The molecule has 0 bridgehead atoms. The zero-order valence-corrected chi connectivity index (χ0v) is 12.1. The number of amides is 1. The fourth-order valence-corrected chi connectivity index (χ4v) is 2.84. The van der Waals surface area contributed by atoms with Crippen LogP contribution in [0.3, 0.4) is 0 Å². The van der Waals surface area contributed by atoms with Gasteiger partial charge in [0.25, 0.3) is 0 Å². The van der Waals surface area contributed by atoms with Gasteiger partial charge in [0.1, 0.15) is 0 Å². The summed E-state index contributed by atoms with van der Waals surface area (Å²) in [5, 5.41) is 2.85. The number of benzene rings is 1. The maximum Gasteiger partial charge on any atom is 0.221 e. The molecule has 1 aliphatic heterocycles. The average Bonchev–Trinajstić information content (AvgIpc) is 3.23. The molecule has 1 amide bonds. The summed E-state index contributed by atoms with van der Waals surface area (Å²) in [6.45, 7) is 7.30. The molecule has 2 fully saturated rings. The molecule has 3 rings (SSSR count). The molecule has 1 N–H and O–H groups in total. The van der Waals surface area contributed by atoms with Crippen molar-refractivity contribution in [3.63, 3.8) is 0 Å². The summed E-state index contributed by atoms with van der Waals surface area (Å²) in [7, 11) is 0. The van der Waals surface area contributed by atoms with E-state index >= 15 is 0 Å². The standard InChI is InChI=1S/C16H23N3O/c1-13(20)17-15-3-2-4-16(11-15)19-9-7-18(8-10-19)12-14-5-6-14/h2-4,11,14H,5-10,12H2,1H3,(H,17,20). The Morgan fingerprint density at radius 3 is 2.65 bits per heavy atom. The number of piperazine rings is 1. The Bertz CT molecular complexity index is 476. The molecule has 0 unspecified atom stereocenters. The number of hydrogen-bond donors (Lipinski definition) is 1. The lowest BCUT2D eigenvalue weighted by Gasteiger charge is -2.36. The third kappa shape index (κ3) is 3.51. The van der Waals surface area contributed by atoms with E-state index < -0.39 is 0 Å². The van der Waals surface area contributed by atoms with Gasteiger partial charge in [-0.1, -0.05) is 6.07 Å². The zero-order chi connectivity index (χ0) is 13.9. The van der Waals surface area contributed by atoms with Gasteiger partial charge in [0, 0.05) is 51.0 Å². The quantitative estimate of drug-likeness (QED) is 0.913. The van der Waals surface area contributed by atoms with Crippen LogP contribution >= 0.6 is 0 Å². The molecule has 4 heteroatoms. The summed E-state index contributed by atoms with van der Waals surface area (Å²) in [5.41, 5.74) is 2.10. The number of carbonyl (C=O) groups excluding carboxylic acids is 1. The van der Waals surface area contributed by atoms with Crippen LogP contribution in [0.2, 0.25) is 0 Å². The van der Waals surface area contributed by atoms with Gasteiger partial charge in [0.2, 0.25) is 5.91 Å². The molecular formula is C16H23N3O. The van der Waals surface area contributed by atoms with Crippen molar-refractivity contribution in [3.8, 4) is 0 Å². The maximum atomic E-state index is 11.1. The normalized spacial score (nSPS) is 19.9. The molecule has 0 radical (unpaired) electrons. The van der Waals surface area contributed by atoms with Crippen molar-refractivity contribution in [1.29, 1.82) is 0 Å². The first-order valence-corrected chi connectivity index (χ1v) is 7.55. The van der Waals surface area contributed by atoms with Gasteiger partial charge in [-0.2, -0.15) is 0 Å². The fourth-order valence-electron chi connectivity index (χ4n) is 2.84. The van der Waals surface area contributed by atoms with E-state index in [0.717, 1.165) is 37.8 Å². The lowest BCUT2D eigenvalue weighted by Crippen LogP contribution is -2.47. The van der Waals surface area contributed by atoms with E-state index in [0.29, 0.717) is 0 Å². The average molecular weight is 273 g/mol. The molecule has 0 aromatic heterocycles. The van der Waals surface area contributed by atoms with Crippen LogP contribution in [-0.4, -0.2) is 43.5 Å². The van der Waals surface area contributed by atoms with Crippen LogP contribution in [0.25, 0.3) is 0 Å². The van der Waals surface area contributed by atoms with Gasteiger partial charge >= 0.3 is 0 Å². The zero-order valence-electron chi connectivity index (χ0n) is 12.1. The van der Waals surface area contributed by atoms with Gasteiger partial charge < -0.3 is 10.2 Å². The highest BCUT2D eigenvalue weighted by molar-refractivity contribution is 5.89. The highest BCUT2D eigenvalue weighted by atomic mass is 16.1. The number of carbonyl (C=O) groups is 1. The van der Waals surface area contributed by atoms with E-state index in [1.807, 2.05) is 12.1 Å². The van der Waals surface area contributed by atoms with Crippen LogP contribution in [0, 0.1) is 5.92 Å². The largest absolute Gasteiger partial charge is 0.369 e. The predicted molar refractivity (Wildman–Crippen MR) is 82.1 cm³/mol. The first-order valence-electron chi connectivity index (χ1n) is 7.55. The van der Waals surface area contributed by atoms with Crippen LogP contribution in [0.1, 0.15) is 19.8 Å². The number of anilines is 2. The van der Waals surface area contributed by atoms with Crippen LogP contribution in [0.5, 0.6) is 0 Å². The molecular weight excluding hydrogens is 250 g/mol. The van der Waals surface area contributed by atoms with Crippen molar-refractivity contribution in [2.24, 2.45) is 5.92 Å². The minimum atomic E-state index is -0.0172. The third-order valence-electron chi connectivity index (χ3n) is 4.12. The van der Waals surface area contributed by atoms with Crippen molar-refractivity contribution in [1.82, 2.24) is 4.90 Å². The Hall–Kier alpha value is -1.55. The van der Waals surface area contributed by atoms with Crippen LogP contribution in [-0.2, 0) is 4.79 Å². The molecule has 1 aromatic rings. The minimum absolute atomic E-state index is 0.0172. The van der Waals surface area contributed by atoms with E-state index in [2.05, 4.69) is 27.2 Å². The van der Waals surface area contributed by atoms with Gasteiger partial charge in [-0.3, -0.25) is 9.69 Å². The van der Waals surface area contributed by atoms with Crippen molar-refractivity contribution in [2.45, 2.75) is 19.8 Å². The van der Waals surface area contributed by atoms with E-state index in [-0.39, 0.29) is 5.91 Å². The third-order valence-corrected chi connectivity index (χ3v) is 4.12. The Morgan fingerprint density at radius 1 is 1.25 bits per heavy atom. The summed E-state index contributed by atoms with van der Waals surface area (Å²) in [5.74, 6) is 0.959. The number of nitrogens with one attached hydrogen (secondary N) is 1. The summed E-state index contributed by atoms with van der Waals surface area (Å²) in [6, 6.07) is 8.14. The van der Waals surface area contributed by atoms with Gasteiger partial charge in [0.15, 0.2) is 0 Å². The summed E-state index contributed by atoms with van der Waals surface area (Å²) in [4.78, 5) is 16.1. The monoisotopic (exact) mass is 273 g/mol. The molecule has 1 aliphatic carbocycles. The minimum Gasteiger partial charge on any atom is -0.369 e. The predicted octanol–water partition coefficient (Wildman–Crippen LogP) is 2.18. The van der Waals surface area contributed by atoms with E-state index in [9.17, 15) is 4.79 Å². The molecule has 2 aliphatic rings. The second kappa shape index (κ2) is 5.83. The molecule has 1 aromatic carbocycles. The van der Waals surface area contributed by atoms with Crippen molar-refractivity contribution in [3.05, 3.63) is 24.3 Å². The Kier molecular flexibility index (Phi) is 3.92. The van der Waals surface area contributed by atoms with Gasteiger partial charge in [-0.15, -0.1) is 0 Å². The second-order valence-corrected chi connectivity index (χ2v) is 5.96. The lowest BCUT2D eigenvalue weighted by molar-refractivity contribution is -0.114. The summed E-state index contributed by atoms with van der Waals surface area (Å²) < 4.78 is 0. The number of nitrogens with zero attached hydrogens (tertiary/aromatic N) is 2. The number of hydrogen-bond acceptors (Lipinski definition) is 3. The molecule has 108 valence electrons. The van der Waals surface area contributed by atoms with Crippen molar-refractivity contribution in [2.75, 3.05) is 42.9 Å². The van der Waals surface area contributed by atoms with Crippen LogP contribution in [0.4, 0.5) is 11.4 Å². The van der Waals surface area contributed by atoms with Gasteiger partial charge in [0.05, 0.1) is 0 Å². The molecule has 1 heterocycles. The fraction of sp³-hybridized carbons (Fsp3) is 0.562. The molecule has 4 nitrogen and oxygen atoms in total. The molecule has 1 saturated carbocycles. The summed E-state index contributed by atoms with van der Waals surface area (Å²) >= 11 is 0. The number of rotatable bonds is 4. The Balaban J connectivity index is 1.57. The smallest absolute Gasteiger partial charge is 0.221 e. The maximum absolute atomic E-state index is 11.1. The van der Waals surface area contributed by atoms with Crippen LogP contribution in [0.15, 0.2) is 24.3 Å².